The van der Waals surface area contributed by atoms with E-state index in [-0.39, 0.29) is 12.1 Å². The SMILES string of the molecule is C=CC.CC.CC1C[C@H]1c1ccccc1.CNCc1ccc(CNc2cc(-c3ccccc3C)cc3c(SF)cnn23)cc1. The van der Waals surface area contributed by atoms with Crippen LogP contribution < -0.4 is 10.6 Å². The second-order valence-corrected chi connectivity index (χ2v) is 11.3. The zero-order valence-corrected chi connectivity index (χ0v) is 27.8. The molecule has 0 aliphatic heterocycles. The molecule has 2 aromatic heterocycles. The lowest BCUT2D eigenvalue weighted by Gasteiger charge is -2.13. The van der Waals surface area contributed by atoms with Crippen molar-refractivity contribution in [1.29, 1.82) is 0 Å². The van der Waals surface area contributed by atoms with Crippen LogP contribution in [0.2, 0.25) is 0 Å². The van der Waals surface area contributed by atoms with Gasteiger partial charge in [-0.3, -0.25) is 0 Å². The van der Waals surface area contributed by atoms with Gasteiger partial charge in [0, 0.05) is 13.1 Å². The Bertz CT molecular complexity index is 1560. The molecule has 1 saturated carbocycles. The molecule has 6 rings (SSSR count). The first-order valence-electron chi connectivity index (χ1n) is 15.4. The highest BCUT2D eigenvalue weighted by molar-refractivity contribution is 7.94. The molecule has 2 N–H and O–H groups in total. The van der Waals surface area contributed by atoms with E-state index in [9.17, 15) is 3.89 Å². The van der Waals surface area contributed by atoms with Gasteiger partial charge in [0.15, 0.2) is 0 Å². The van der Waals surface area contributed by atoms with E-state index in [1.165, 1.54) is 28.7 Å². The first-order chi connectivity index (χ1) is 21.5. The van der Waals surface area contributed by atoms with E-state index in [1.54, 1.807) is 16.8 Å². The number of nitrogens with zero attached hydrogens (tertiary/aromatic N) is 2. The molecule has 2 heterocycles. The van der Waals surface area contributed by atoms with Crippen LogP contribution >= 0.6 is 12.1 Å². The molecule has 1 unspecified atom stereocenters. The molecule has 232 valence electrons. The summed E-state index contributed by atoms with van der Waals surface area (Å²) in [6.07, 6.45) is 4.71. The van der Waals surface area contributed by atoms with Crippen LogP contribution in [-0.2, 0) is 13.1 Å². The van der Waals surface area contributed by atoms with Crippen LogP contribution in [0.1, 0.15) is 62.3 Å². The number of rotatable bonds is 8. The third kappa shape index (κ3) is 9.57. The Morgan fingerprint density at radius 2 is 1.55 bits per heavy atom. The molecular formula is C38H47FN4S. The second-order valence-electron chi connectivity index (χ2n) is 10.7. The van der Waals surface area contributed by atoms with Crippen molar-refractivity contribution in [3.8, 4) is 11.1 Å². The Kier molecular flexibility index (Phi) is 14.2. The zero-order valence-electron chi connectivity index (χ0n) is 27.0. The molecule has 0 spiro atoms. The number of halogens is 1. The fourth-order valence-corrected chi connectivity index (χ4v) is 5.27. The van der Waals surface area contributed by atoms with E-state index in [4.69, 9.17) is 0 Å². The quantitative estimate of drug-likeness (QED) is 0.172. The number of hydrogen-bond acceptors (Lipinski definition) is 4. The Labute approximate surface area is 268 Å². The predicted octanol–water partition coefficient (Wildman–Crippen LogP) is 10.6. The number of aryl methyl sites for hydroxylation is 1. The molecule has 1 aliphatic rings. The summed E-state index contributed by atoms with van der Waals surface area (Å²) in [6, 6.07) is 31.6. The highest BCUT2D eigenvalue weighted by atomic mass is 32.2. The number of benzene rings is 3. The van der Waals surface area contributed by atoms with Crippen LogP contribution in [0.3, 0.4) is 0 Å². The Morgan fingerprint density at radius 1 is 0.955 bits per heavy atom. The molecule has 4 nitrogen and oxygen atoms in total. The maximum atomic E-state index is 13.4. The smallest absolute Gasteiger partial charge is 0.129 e. The van der Waals surface area contributed by atoms with Gasteiger partial charge >= 0.3 is 0 Å². The van der Waals surface area contributed by atoms with E-state index in [2.05, 4.69) is 109 Å². The molecule has 5 aromatic rings. The van der Waals surface area contributed by atoms with Gasteiger partial charge in [0.1, 0.15) is 5.82 Å². The van der Waals surface area contributed by atoms with E-state index >= 15 is 0 Å². The average molecular weight is 611 g/mol. The number of allylic oxidation sites excluding steroid dienone is 1. The predicted molar refractivity (Wildman–Crippen MR) is 189 cm³/mol. The first-order valence-corrected chi connectivity index (χ1v) is 16.1. The van der Waals surface area contributed by atoms with Crippen LogP contribution in [0.15, 0.2) is 115 Å². The number of fused-ring (bicyclic) bond motifs is 1. The van der Waals surface area contributed by atoms with E-state index in [0.717, 1.165) is 40.8 Å². The van der Waals surface area contributed by atoms with Gasteiger partial charge in [-0.15, -0.1) is 6.58 Å². The summed E-state index contributed by atoms with van der Waals surface area (Å²) in [7, 11) is 1.94. The first kappa shape index (κ1) is 34.6. The van der Waals surface area contributed by atoms with Crippen molar-refractivity contribution in [3.05, 3.63) is 132 Å². The summed E-state index contributed by atoms with van der Waals surface area (Å²) in [5.74, 6) is 2.64. The highest BCUT2D eigenvalue weighted by Crippen LogP contribution is 2.46. The molecule has 1 fully saturated rings. The number of nitrogens with one attached hydrogen (secondary N) is 2. The van der Waals surface area contributed by atoms with Crippen LogP contribution in [-0.4, -0.2) is 16.7 Å². The average Bonchev–Trinajstić information content (AvgIpc) is 3.65. The maximum absolute atomic E-state index is 13.4. The summed E-state index contributed by atoms with van der Waals surface area (Å²) < 4.78 is 15.2. The fraction of sp³-hybridized carbons (Fsp3) is 0.289. The van der Waals surface area contributed by atoms with Crippen molar-refractivity contribution in [2.75, 3.05) is 12.4 Å². The van der Waals surface area contributed by atoms with Crippen molar-refractivity contribution in [2.24, 2.45) is 5.92 Å². The largest absolute Gasteiger partial charge is 0.366 e. The number of pyridine rings is 1. The van der Waals surface area contributed by atoms with Gasteiger partial charge in [-0.1, -0.05) is 106 Å². The van der Waals surface area contributed by atoms with Gasteiger partial charge in [0.2, 0.25) is 0 Å². The molecule has 0 amide bonds. The summed E-state index contributed by atoms with van der Waals surface area (Å²) in [6.45, 7) is 15.2. The monoisotopic (exact) mass is 610 g/mol. The van der Waals surface area contributed by atoms with Gasteiger partial charge < -0.3 is 10.6 Å². The number of anilines is 1. The third-order valence-corrected chi connectivity index (χ3v) is 7.82. The van der Waals surface area contributed by atoms with Crippen LogP contribution in [0.5, 0.6) is 0 Å². The Hall–Kier alpha value is -3.87. The summed E-state index contributed by atoms with van der Waals surface area (Å²) >= 11 is 0.225. The van der Waals surface area contributed by atoms with E-state index in [0.29, 0.717) is 11.4 Å². The van der Waals surface area contributed by atoms with Crippen molar-refractivity contribution in [2.45, 2.75) is 64.9 Å². The molecular weight excluding hydrogens is 564 g/mol. The lowest BCUT2D eigenvalue weighted by molar-refractivity contribution is 0.817. The van der Waals surface area contributed by atoms with Gasteiger partial charge in [0.25, 0.3) is 0 Å². The molecule has 6 heteroatoms. The number of aromatic nitrogens is 2. The standard InChI is InChI=1S/C23H23FN4S.C10H12.C3H6.C2H6/c1-16-5-3-4-6-20(16)19-11-21-22(29-24)15-27-28(21)23(12-19)26-14-18-9-7-17(8-10-18)13-25-2;1-8-7-10(8)9-5-3-2-4-6-9;1-3-2;1-2/h3-12,15,25-26H,13-14H2,1-2H3;2-6,8,10H,7H2,1H3;3H,1H2,2H3;1-2H3/t;8?,10-;;/m.1../s1. The van der Waals surface area contributed by atoms with Crippen LogP contribution in [0.25, 0.3) is 16.6 Å². The molecule has 44 heavy (non-hydrogen) atoms. The summed E-state index contributed by atoms with van der Waals surface area (Å²) in [5, 5.41) is 11.0. The Morgan fingerprint density at radius 3 is 2.11 bits per heavy atom. The normalized spacial score (nSPS) is 14.6. The summed E-state index contributed by atoms with van der Waals surface area (Å²) in [4.78, 5) is 0.514. The third-order valence-electron chi connectivity index (χ3n) is 7.34. The van der Waals surface area contributed by atoms with Gasteiger partial charge in [-0.2, -0.15) is 8.98 Å². The van der Waals surface area contributed by atoms with E-state index in [1.807, 2.05) is 46.0 Å². The zero-order chi connectivity index (χ0) is 31.9. The molecule has 0 bridgehead atoms. The maximum Gasteiger partial charge on any atom is 0.129 e. The minimum atomic E-state index is 0.225. The van der Waals surface area contributed by atoms with E-state index < -0.39 is 0 Å². The van der Waals surface area contributed by atoms with Gasteiger partial charge in [-0.25, -0.2) is 4.52 Å². The van der Waals surface area contributed by atoms with Crippen molar-refractivity contribution >= 4 is 23.5 Å². The minimum Gasteiger partial charge on any atom is -0.366 e. The lowest BCUT2D eigenvalue weighted by atomic mass is 10.0. The molecule has 1 aliphatic carbocycles. The minimum absolute atomic E-state index is 0.225. The van der Waals surface area contributed by atoms with Gasteiger partial charge in [0.05, 0.1) is 28.8 Å². The van der Waals surface area contributed by atoms with Crippen LogP contribution in [0.4, 0.5) is 9.70 Å². The molecule has 0 radical (unpaired) electrons. The molecule has 3 aromatic carbocycles. The fourth-order valence-electron chi connectivity index (χ4n) is 4.96. The lowest BCUT2D eigenvalue weighted by Crippen LogP contribution is -2.07. The Balaban J connectivity index is 0.000000291. The van der Waals surface area contributed by atoms with Gasteiger partial charge in [-0.05, 0) is 84.7 Å². The number of hydrogen-bond donors (Lipinski definition) is 2. The van der Waals surface area contributed by atoms with Crippen molar-refractivity contribution in [1.82, 2.24) is 14.9 Å². The van der Waals surface area contributed by atoms with Crippen LogP contribution in [0, 0.1) is 12.8 Å². The van der Waals surface area contributed by atoms with Crippen molar-refractivity contribution in [3.63, 3.8) is 0 Å². The highest BCUT2D eigenvalue weighted by Gasteiger charge is 2.33. The molecule has 0 saturated heterocycles. The second kappa shape index (κ2) is 18.1. The molecule has 2 atom stereocenters. The summed E-state index contributed by atoms with van der Waals surface area (Å²) in [5.41, 5.74) is 8.05. The topological polar surface area (TPSA) is 41.4 Å². The van der Waals surface area contributed by atoms with Crippen molar-refractivity contribution < 1.29 is 3.89 Å².